The number of hydrogen-bond donors (Lipinski definition) is 3. The minimum atomic E-state index is -2.00. The molecule has 22 heavy (non-hydrogen) atoms. The molecule has 5 atom stereocenters. The first-order valence-corrected chi connectivity index (χ1v) is 10.5. The van der Waals surface area contributed by atoms with E-state index in [2.05, 4.69) is 40.4 Å². The Balaban J connectivity index is 2.70. The van der Waals surface area contributed by atoms with Crippen LogP contribution in [0.4, 0.5) is 0 Å². The molecular weight excluding hydrogens is 304 g/mol. The lowest BCUT2D eigenvalue weighted by atomic mass is 9.99. The molecule has 0 saturated carbocycles. The van der Waals surface area contributed by atoms with Crippen molar-refractivity contribution in [2.45, 2.75) is 69.6 Å². The first-order chi connectivity index (χ1) is 10.0. The molecule has 0 spiro atoms. The minimum absolute atomic E-state index is 0.0312. The molecule has 0 aromatic carbocycles. The zero-order valence-electron chi connectivity index (χ0n) is 14.2. The van der Waals surface area contributed by atoms with Crippen molar-refractivity contribution in [2.75, 3.05) is 13.2 Å². The Morgan fingerprint density at radius 3 is 2.23 bits per heavy atom. The molecule has 0 aromatic heterocycles. The molecule has 7 heteroatoms. The summed E-state index contributed by atoms with van der Waals surface area (Å²) in [6, 6.07) is 0. The Bertz CT molecular complexity index is 368. The number of rotatable bonds is 6. The molecule has 0 bridgehead atoms. The van der Waals surface area contributed by atoms with E-state index < -0.39 is 39.0 Å². The van der Waals surface area contributed by atoms with E-state index in [1.54, 1.807) is 0 Å². The van der Waals surface area contributed by atoms with Crippen LogP contribution < -0.4 is 0 Å². The van der Waals surface area contributed by atoms with E-state index in [0.29, 0.717) is 0 Å². The average molecular weight is 334 g/mol. The summed E-state index contributed by atoms with van der Waals surface area (Å²) >= 11 is 0. The van der Waals surface area contributed by atoms with Gasteiger partial charge in [-0.05, 0) is 18.1 Å². The zero-order chi connectivity index (χ0) is 17.1. The quantitative estimate of drug-likeness (QED) is 0.496. The van der Waals surface area contributed by atoms with Crippen LogP contribution in [0.25, 0.3) is 0 Å². The van der Waals surface area contributed by atoms with E-state index in [1.165, 1.54) is 6.08 Å². The van der Waals surface area contributed by atoms with Gasteiger partial charge in [0.15, 0.2) is 14.6 Å². The van der Waals surface area contributed by atoms with E-state index in [1.807, 2.05) is 0 Å². The lowest BCUT2D eigenvalue weighted by molar-refractivity contribution is -0.297. The number of ether oxygens (including phenoxy) is 2. The molecule has 0 aromatic rings. The predicted octanol–water partition coefficient (Wildman–Crippen LogP) is 1.02. The number of aliphatic hydroxyl groups excluding tert-OH is 3. The molecule has 0 radical (unpaired) electrons. The van der Waals surface area contributed by atoms with Gasteiger partial charge in [-0.3, -0.25) is 0 Å². The zero-order valence-corrected chi connectivity index (χ0v) is 15.2. The highest BCUT2D eigenvalue weighted by Crippen LogP contribution is 2.37. The molecule has 1 aliphatic heterocycles. The summed E-state index contributed by atoms with van der Waals surface area (Å²) in [5, 5.41) is 29.9. The van der Waals surface area contributed by atoms with Gasteiger partial charge >= 0.3 is 0 Å². The van der Waals surface area contributed by atoms with Crippen LogP contribution >= 0.6 is 0 Å². The molecule has 0 aliphatic carbocycles. The van der Waals surface area contributed by atoms with Crippen LogP contribution in [0.5, 0.6) is 0 Å². The van der Waals surface area contributed by atoms with Crippen molar-refractivity contribution in [2.24, 2.45) is 0 Å². The third kappa shape index (κ3) is 4.61. The Kier molecular flexibility index (Phi) is 6.76. The molecule has 130 valence electrons. The van der Waals surface area contributed by atoms with Crippen molar-refractivity contribution >= 4 is 8.32 Å². The molecule has 6 nitrogen and oxygen atoms in total. The van der Waals surface area contributed by atoms with Crippen LogP contribution in [-0.2, 0) is 13.9 Å². The third-order valence-corrected chi connectivity index (χ3v) is 8.96. The van der Waals surface area contributed by atoms with Crippen molar-refractivity contribution in [1.29, 1.82) is 0 Å². The van der Waals surface area contributed by atoms with Gasteiger partial charge in [-0.2, -0.15) is 0 Å². The lowest BCUT2D eigenvalue weighted by Gasteiger charge is -2.42. The SMILES string of the molecule is C=CCO[C@H]1O[C@H](CO[Si](C)(C)C(C)(C)C)[C@@H](O)[C@H](O)[C@H]1O. The molecule has 1 fully saturated rings. The van der Waals surface area contributed by atoms with Crippen LogP contribution in [0.1, 0.15) is 20.8 Å². The smallest absolute Gasteiger partial charge is 0.192 e. The average Bonchev–Trinajstić information content (AvgIpc) is 2.42. The molecule has 0 unspecified atom stereocenters. The van der Waals surface area contributed by atoms with E-state index in [-0.39, 0.29) is 18.3 Å². The van der Waals surface area contributed by atoms with Gasteiger partial charge in [0.05, 0.1) is 13.2 Å². The summed E-state index contributed by atoms with van der Waals surface area (Å²) in [7, 11) is -2.00. The van der Waals surface area contributed by atoms with Crippen LogP contribution in [0.2, 0.25) is 18.1 Å². The second-order valence-electron chi connectivity index (χ2n) is 7.21. The maximum absolute atomic E-state index is 10.1. The maximum Gasteiger partial charge on any atom is 0.192 e. The molecule has 3 N–H and O–H groups in total. The van der Waals surface area contributed by atoms with E-state index in [0.717, 1.165) is 0 Å². The maximum atomic E-state index is 10.1. The van der Waals surface area contributed by atoms with Gasteiger partial charge in [-0.1, -0.05) is 26.8 Å². The first kappa shape index (κ1) is 19.8. The van der Waals surface area contributed by atoms with Crippen molar-refractivity contribution in [3.63, 3.8) is 0 Å². The van der Waals surface area contributed by atoms with Gasteiger partial charge in [0.25, 0.3) is 0 Å². The van der Waals surface area contributed by atoms with Gasteiger partial charge < -0.3 is 29.2 Å². The molecule has 0 amide bonds. The summed E-state index contributed by atoms with van der Waals surface area (Å²) in [5.41, 5.74) is 0. The van der Waals surface area contributed by atoms with Crippen molar-refractivity contribution in [3.8, 4) is 0 Å². The number of aliphatic hydroxyl groups is 3. The summed E-state index contributed by atoms with van der Waals surface area (Å²) in [4.78, 5) is 0. The van der Waals surface area contributed by atoms with E-state index in [4.69, 9.17) is 13.9 Å². The van der Waals surface area contributed by atoms with Crippen LogP contribution in [-0.4, -0.2) is 67.6 Å². The lowest BCUT2D eigenvalue weighted by Crippen LogP contribution is -2.60. The highest BCUT2D eigenvalue weighted by Gasteiger charge is 2.46. The van der Waals surface area contributed by atoms with Gasteiger partial charge in [-0.25, -0.2) is 0 Å². The van der Waals surface area contributed by atoms with Gasteiger partial charge in [-0.15, -0.1) is 6.58 Å². The monoisotopic (exact) mass is 334 g/mol. The van der Waals surface area contributed by atoms with Crippen molar-refractivity contribution in [3.05, 3.63) is 12.7 Å². The Labute approximate surface area is 133 Å². The molecule has 1 aliphatic rings. The van der Waals surface area contributed by atoms with E-state index in [9.17, 15) is 15.3 Å². The summed E-state index contributed by atoms with van der Waals surface area (Å²) < 4.78 is 16.9. The highest BCUT2D eigenvalue weighted by molar-refractivity contribution is 6.74. The topological polar surface area (TPSA) is 88.4 Å². The van der Waals surface area contributed by atoms with Crippen LogP contribution in [0, 0.1) is 0 Å². The minimum Gasteiger partial charge on any atom is -0.414 e. The standard InChI is InChI=1S/C15H30O6Si/c1-7-8-19-14-13(18)12(17)11(16)10(21-14)9-20-22(5,6)15(2,3)4/h7,10-14,16-18H,1,8-9H2,2-6H3/t10-,11-,12+,13-,14+/m1/s1. The molecule has 1 rings (SSSR count). The van der Waals surface area contributed by atoms with Gasteiger partial charge in [0.1, 0.15) is 24.4 Å². The van der Waals surface area contributed by atoms with Gasteiger partial charge in [0, 0.05) is 0 Å². The van der Waals surface area contributed by atoms with Crippen LogP contribution in [0.15, 0.2) is 12.7 Å². The molecular formula is C15H30O6Si. The second-order valence-corrected chi connectivity index (χ2v) is 12.0. The molecule has 1 saturated heterocycles. The first-order valence-electron chi connectivity index (χ1n) is 7.57. The third-order valence-electron chi connectivity index (χ3n) is 4.46. The predicted molar refractivity (Wildman–Crippen MR) is 86.0 cm³/mol. The Hall–Kier alpha value is -0.283. The van der Waals surface area contributed by atoms with Crippen molar-refractivity contribution in [1.82, 2.24) is 0 Å². The van der Waals surface area contributed by atoms with Gasteiger partial charge in [0.2, 0.25) is 0 Å². The Morgan fingerprint density at radius 1 is 1.14 bits per heavy atom. The highest BCUT2D eigenvalue weighted by atomic mass is 28.4. The Morgan fingerprint density at radius 2 is 1.73 bits per heavy atom. The fourth-order valence-corrected chi connectivity index (χ4v) is 2.88. The van der Waals surface area contributed by atoms with Crippen LogP contribution in [0.3, 0.4) is 0 Å². The second kappa shape index (κ2) is 7.52. The summed E-state index contributed by atoms with van der Waals surface area (Å²) in [6.07, 6.45) is -4.10. The largest absolute Gasteiger partial charge is 0.414 e. The number of hydrogen-bond acceptors (Lipinski definition) is 6. The normalized spacial score (nSPS) is 33.7. The summed E-state index contributed by atoms with van der Waals surface area (Å²) in [6.45, 7) is 14.4. The fraction of sp³-hybridized carbons (Fsp3) is 0.867. The summed E-state index contributed by atoms with van der Waals surface area (Å²) in [5.74, 6) is 0. The van der Waals surface area contributed by atoms with Crippen molar-refractivity contribution < 1.29 is 29.2 Å². The fourth-order valence-electron chi connectivity index (χ4n) is 1.86. The van der Waals surface area contributed by atoms with E-state index >= 15 is 0 Å². The molecule has 1 heterocycles.